The normalized spacial score (nSPS) is 12.1. The zero-order valence-corrected chi connectivity index (χ0v) is 12.3. The summed E-state index contributed by atoms with van der Waals surface area (Å²) in [6, 6.07) is 9.92. The van der Waals surface area contributed by atoms with Gasteiger partial charge >= 0.3 is 0 Å². The quantitative estimate of drug-likeness (QED) is 0.827. The van der Waals surface area contributed by atoms with Crippen LogP contribution in [0.4, 0.5) is 0 Å². The molecule has 6 heteroatoms. The number of hydrogen-bond donors (Lipinski definition) is 1. The van der Waals surface area contributed by atoms with Gasteiger partial charge in [0, 0.05) is 6.54 Å². The Morgan fingerprint density at radius 3 is 2.80 bits per heavy atom. The molecule has 1 heterocycles. The van der Waals surface area contributed by atoms with E-state index in [-0.39, 0.29) is 11.2 Å². The molecule has 0 aliphatic rings. The fourth-order valence-electron chi connectivity index (χ4n) is 1.65. The minimum absolute atomic E-state index is 0.0275. The molecule has 1 aromatic heterocycles. The molecule has 5 nitrogen and oxygen atoms in total. The molecule has 1 N–H and O–H groups in total. The Labute approximate surface area is 122 Å². The third kappa shape index (κ3) is 4.09. The average molecular weight is 291 g/mol. The van der Waals surface area contributed by atoms with Gasteiger partial charge in [0.2, 0.25) is 11.8 Å². The highest BCUT2D eigenvalue weighted by Gasteiger charge is 2.17. The summed E-state index contributed by atoms with van der Waals surface area (Å²) in [6.45, 7) is 4.32. The van der Waals surface area contributed by atoms with Crippen molar-refractivity contribution in [3.8, 4) is 0 Å². The third-order valence-electron chi connectivity index (χ3n) is 2.64. The summed E-state index contributed by atoms with van der Waals surface area (Å²) in [7, 11) is 0. The second kappa shape index (κ2) is 7.09. The van der Waals surface area contributed by atoms with Crippen LogP contribution in [0.2, 0.25) is 0 Å². The van der Waals surface area contributed by atoms with Crippen LogP contribution in [-0.2, 0) is 11.2 Å². The van der Waals surface area contributed by atoms with Gasteiger partial charge in [0.25, 0.3) is 5.22 Å². The van der Waals surface area contributed by atoms with Crippen molar-refractivity contribution in [2.24, 2.45) is 0 Å². The summed E-state index contributed by atoms with van der Waals surface area (Å²) in [6.07, 6.45) is 0.601. The van der Waals surface area contributed by atoms with Gasteiger partial charge in [-0.2, -0.15) is 0 Å². The van der Waals surface area contributed by atoms with E-state index in [1.807, 2.05) is 44.2 Å². The molecule has 0 saturated heterocycles. The molecule has 0 fully saturated rings. The van der Waals surface area contributed by atoms with Crippen LogP contribution >= 0.6 is 11.8 Å². The number of amides is 1. The van der Waals surface area contributed by atoms with Crippen molar-refractivity contribution in [3.63, 3.8) is 0 Å². The molecule has 0 radical (unpaired) electrons. The third-order valence-corrected chi connectivity index (χ3v) is 3.58. The lowest BCUT2D eigenvalue weighted by Gasteiger charge is -2.07. The summed E-state index contributed by atoms with van der Waals surface area (Å²) in [5.74, 6) is 0.530. The minimum Gasteiger partial charge on any atom is -0.416 e. The first-order chi connectivity index (χ1) is 9.69. The predicted octanol–water partition coefficient (Wildman–Crippen LogP) is 2.28. The molecular formula is C14H17N3O2S. The zero-order chi connectivity index (χ0) is 14.4. The second-order valence-electron chi connectivity index (χ2n) is 4.28. The monoisotopic (exact) mass is 291 g/mol. The maximum atomic E-state index is 11.6. The summed E-state index contributed by atoms with van der Waals surface area (Å²) in [5.41, 5.74) is 1.12. The highest BCUT2D eigenvalue weighted by atomic mass is 32.2. The van der Waals surface area contributed by atoms with E-state index in [2.05, 4.69) is 15.5 Å². The lowest BCUT2D eigenvalue weighted by atomic mass is 10.2. The van der Waals surface area contributed by atoms with Crippen molar-refractivity contribution in [1.29, 1.82) is 0 Å². The Morgan fingerprint density at radius 2 is 2.10 bits per heavy atom. The number of rotatable bonds is 6. The number of carbonyl (C=O) groups excluding carboxylic acids is 1. The Morgan fingerprint density at radius 1 is 1.35 bits per heavy atom. The first-order valence-corrected chi connectivity index (χ1v) is 7.37. The van der Waals surface area contributed by atoms with Crippen LogP contribution in [-0.4, -0.2) is 27.9 Å². The van der Waals surface area contributed by atoms with Gasteiger partial charge in [-0.1, -0.05) is 42.1 Å². The predicted molar refractivity (Wildman–Crippen MR) is 77.5 cm³/mol. The fraction of sp³-hybridized carbons (Fsp3) is 0.357. The van der Waals surface area contributed by atoms with E-state index < -0.39 is 0 Å². The Bertz CT molecular complexity index is 557. The van der Waals surface area contributed by atoms with Crippen LogP contribution in [0.25, 0.3) is 0 Å². The van der Waals surface area contributed by atoms with E-state index in [1.165, 1.54) is 11.8 Å². The molecule has 2 aromatic rings. The molecule has 0 saturated carbocycles. The molecule has 20 heavy (non-hydrogen) atoms. The lowest BCUT2D eigenvalue weighted by molar-refractivity contribution is -0.120. The summed E-state index contributed by atoms with van der Waals surface area (Å²) >= 11 is 1.27. The van der Waals surface area contributed by atoms with Crippen molar-refractivity contribution in [2.75, 3.05) is 6.54 Å². The van der Waals surface area contributed by atoms with E-state index in [0.29, 0.717) is 24.1 Å². The van der Waals surface area contributed by atoms with Crippen LogP contribution in [0.15, 0.2) is 40.0 Å². The molecule has 106 valence electrons. The van der Waals surface area contributed by atoms with Crippen molar-refractivity contribution in [3.05, 3.63) is 41.8 Å². The largest absolute Gasteiger partial charge is 0.416 e. The standard InChI is InChI=1S/C14H17N3O2S/c1-3-15-13(18)10(2)20-14-17-16-12(19-14)9-11-7-5-4-6-8-11/h4-8,10H,3,9H2,1-2H3,(H,15,18)/t10-/m0/s1. The Kier molecular flexibility index (Phi) is 5.17. The molecule has 0 bridgehead atoms. The van der Waals surface area contributed by atoms with Crippen molar-refractivity contribution < 1.29 is 9.21 Å². The summed E-state index contributed by atoms with van der Waals surface area (Å²) in [5, 5.41) is 10.9. The molecule has 0 aliphatic carbocycles. The molecule has 1 atom stereocenters. The first kappa shape index (κ1) is 14.6. The van der Waals surface area contributed by atoms with Gasteiger partial charge in [-0.15, -0.1) is 10.2 Å². The summed E-state index contributed by atoms with van der Waals surface area (Å²) < 4.78 is 5.55. The van der Waals surface area contributed by atoms with Gasteiger partial charge in [0.15, 0.2) is 0 Å². The SMILES string of the molecule is CCNC(=O)[C@H](C)Sc1nnc(Cc2ccccc2)o1. The first-order valence-electron chi connectivity index (χ1n) is 6.49. The Hall–Kier alpha value is -1.82. The van der Waals surface area contributed by atoms with Crippen molar-refractivity contribution in [2.45, 2.75) is 30.7 Å². The van der Waals surface area contributed by atoms with Crippen LogP contribution in [0.3, 0.4) is 0 Å². The van der Waals surface area contributed by atoms with Crippen molar-refractivity contribution in [1.82, 2.24) is 15.5 Å². The molecule has 0 unspecified atom stereocenters. The van der Waals surface area contributed by atoms with E-state index in [0.717, 1.165) is 5.56 Å². The van der Waals surface area contributed by atoms with Crippen LogP contribution in [0.5, 0.6) is 0 Å². The van der Waals surface area contributed by atoms with Crippen molar-refractivity contribution >= 4 is 17.7 Å². The number of thioether (sulfide) groups is 1. The number of nitrogens with one attached hydrogen (secondary N) is 1. The second-order valence-corrected chi connectivity index (χ2v) is 5.57. The van der Waals surface area contributed by atoms with Gasteiger partial charge < -0.3 is 9.73 Å². The molecule has 1 aromatic carbocycles. The van der Waals surface area contributed by atoms with Crippen LogP contribution < -0.4 is 5.32 Å². The average Bonchev–Trinajstić information content (AvgIpc) is 2.87. The van der Waals surface area contributed by atoms with Gasteiger partial charge in [0.1, 0.15) is 0 Å². The highest BCUT2D eigenvalue weighted by molar-refractivity contribution is 8.00. The minimum atomic E-state index is -0.250. The van der Waals surface area contributed by atoms with Gasteiger partial charge in [-0.05, 0) is 19.4 Å². The number of benzene rings is 1. The summed E-state index contributed by atoms with van der Waals surface area (Å²) in [4.78, 5) is 11.6. The number of carbonyl (C=O) groups is 1. The lowest BCUT2D eigenvalue weighted by Crippen LogP contribution is -2.30. The highest BCUT2D eigenvalue weighted by Crippen LogP contribution is 2.22. The van der Waals surface area contributed by atoms with E-state index in [1.54, 1.807) is 0 Å². The number of aromatic nitrogens is 2. The molecule has 1 amide bonds. The van der Waals surface area contributed by atoms with E-state index in [9.17, 15) is 4.79 Å². The van der Waals surface area contributed by atoms with E-state index in [4.69, 9.17) is 4.42 Å². The smallest absolute Gasteiger partial charge is 0.277 e. The maximum Gasteiger partial charge on any atom is 0.277 e. The fourth-order valence-corrected chi connectivity index (χ4v) is 2.38. The van der Waals surface area contributed by atoms with Gasteiger partial charge in [-0.3, -0.25) is 4.79 Å². The number of nitrogens with zero attached hydrogens (tertiary/aromatic N) is 2. The van der Waals surface area contributed by atoms with Crippen LogP contribution in [0.1, 0.15) is 25.3 Å². The molecule has 0 aliphatic heterocycles. The molecule has 2 rings (SSSR count). The zero-order valence-electron chi connectivity index (χ0n) is 11.5. The van der Waals surface area contributed by atoms with Gasteiger partial charge in [-0.25, -0.2) is 0 Å². The van der Waals surface area contributed by atoms with Gasteiger partial charge in [0.05, 0.1) is 11.7 Å². The molecular weight excluding hydrogens is 274 g/mol. The van der Waals surface area contributed by atoms with Crippen LogP contribution in [0, 0.1) is 0 Å². The van der Waals surface area contributed by atoms with E-state index >= 15 is 0 Å². The topological polar surface area (TPSA) is 68.0 Å². The molecule has 0 spiro atoms. The maximum absolute atomic E-state index is 11.6. The Balaban J connectivity index is 1.94. The number of hydrogen-bond acceptors (Lipinski definition) is 5.